The molecule has 0 unspecified atom stereocenters. The molecule has 2 heterocycles. The van der Waals surface area contributed by atoms with Crippen LogP contribution >= 0.6 is 0 Å². The SMILES string of the molecule is CCOC(=O)c1cnc2ncc(N)cn12. The van der Waals surface area contributed by atoms with E-state index in [1.165, 1.54) is 16.8 Å². The number of carbonyl (C=O) groups excluding carboxylic acids is 1. The molecule has 0 bridgehead atoms. The Morgan fingerprint density at radius 3 is 3.00 bits per heavy atom. The Morgan fingerprint density at radius 2 is 2.27 bits per heavy atom. The molecular formula is C9H10N4O2. The van der Waals surface area contributed by atoms with Crippen LogP contribution in [0.2, 0.25) is 0 Å². The number of aromatic nitrogens is 3. The second-order valence-corrected chi connectivity index (χ2v) is 2.92. The number of carbonyl (C=O) groups is 1. The summed E-state index contributed by atoms with van der Waals surface area (Å²) < 4.78 is 6.37. The maximum Gasteiger partial charge on any atom is 0.357 e. The minimum atomic E-state index is -0.433. The van der Waals surface area contributed by atoms with Gasteiger partial charge in [-0.1, -0.05) is 0 Å². The highest BCUT2D eigenvalue weighted by Gasteiger charge is 2.13. The van der Waals surface area contributed by atoms with Crippen molar-refractivity contribution in [2.24, 2.45) is 0 Å². The summed E-state index contributed by atoms with van der Waals surface area (Å²) in [6.07, 6.45) is 4.48. The molecule has 0 saturated carbocycles. The van der Waals surface area contributed by atoms with Gasteiger partial charge in [-0.3, -0.25) is 4.40 Å². The minimum Gasteiger partial charge on any atom is -0.461 e. The summed E-state index contributed by atoms with van der Waals surface area (Å²) in [5, 5.41) is 0. The number of hydrogen-bond donors (Lipinski definition) is 1. The Bertz CT molecular complexity index is 506. The maximum atomic E-state index is 11.5. The third kappa shape index (κ3) is 1.61. The van der Waals surface area contributed by atoms with E-state index in [4.69, 9.17) is 10.5 Å². The average molecular weight is 206 g/mol. The van der Waals surface area contributed by atoms with Crippen LogP contribution in [0.3, 0.4) is 0 Å². The first-order chi connectivity index (χ1) is 7.22. The molecule has 0 aliphatic carbocycles. The van der Waals surface area contributed by atoms with Crippen molar-refractivity contribution in [1.29, 1.82) is 0 Å². The third-order valence-electron chi connectivity index (χ3n) is 1.87. The molecule has 6 nitrogen and oxygen atoms in total. The van der Waals surface area contributed by atoms with E-state index in [1.54, 1.807) is 13.1 Å². The summed E-state index contributed by atoms with van der Waals surface area (Å²) in [6.45, 7) is 2.07. The second kappa shape index (κ2) is 3.56. The molecule has 0 fully saturated rings. The molecule has 2 aromatic heterocycles. The first-order valence-electron chi connectivity index (χ1n) is 4.48. The van der Waals surface area contributed by atoms with Crippen LogP contribution in [0.25, 0.3) is 5.78 Å². The van der Waals surface area contributed by atoms with Gasteiger partial charge in [0.1, 0.15) is 0 Å². The van der Waals surface area contributed by atoms with Crippen LogP contribution in [0.1, 0.15) is 17.4 Å². The molecule has 2 N–H and O–H groups in total. The van der Waals surface area contributed by atoms with Gasteiger partial charge in [-0.25, -0.2) is 14.8 Å². The molecule has 0 amide bonds. The average Bonchev–Trinajstić information content (AvgIpc) is 2.60. The highest BCUT2D eigenvalue weighted by Crippen LogP contribution is 2.08. The first kappa shape index (κ1) is 9.45. The van der Waals surface area contributed by atoms with E-state index in [0.717, 1.165) is 0 Å². The first-order valence-corrected chi connectivity index (χ1v) is 4.48. The lowest BCUT2D eigenvalue weighted by molar-refractivity contribution is 0.0518. The van der Waals surface area contributed by atoms with Crippen LogP contribution in [0, 0.1) is 0 Å². The van der Waals surface area contributed by atoms with Crippen LogP contribution in [-0.2, 0) is 4.74 Å². The molecule has 0 aliphatic rings. The molecule has 6 heteroatoms. The molecule has 0 spiro atoms. The number of rotatable bonds is 2. The fraction of sp³-hybridized carbons (Fsp3) is 0.222. The van der Waals surface area contributed by atoms with Crippen molar-refractivity contribution in [1.82, 2.24) is 14.4 Å². The van der Waals surface area contributed by atoms with E-state index in [2.05, 4.69) is 9.97 Å². The highest BCUT2D eigenvalue weighted by molar-refractivity contribution is 5.88. The number of fused-ring (bicyclic) bond motifs is 1. The highest BCUT2D eigenvalue weighted by atomic mass is 16.5. The van der Waals surface area contributed by atoms with Gasteiger partial charge in [-0.05, 0) is 6.92 Å². The molecule has 2 rings (SSSR count). The number of ether oxygens (including phenoxy) is 1. The molecule has 0 radical (unpaired) electrons. The smallest absolute Gasteiger partial charge is 0.357 e. The van der Waals surface area contributed by atoms with Gasteiger partial charge in [0.25, 0.3) is 0 Å². The van der Waals surface area contributed by atoms with E-state index in [-0.39, 0.29) is 0 Å². The van der Waals surface area contributed by atoms with Gasteiger partial charge in [0, 0.05) is 6.20 Å². The van der Waals surface area contributed by atoms with Crippen molar-refractivity contribution >= 4 is 17.4 Å². The van der Waals surface area contributed by atoms with Crippen LogP contribution in [-0.4, -0.2) is 26.9 Å². The Labute approximate surface area is 85.7 Å². The zero-order valence-corrected chi connectivity index (χ0v) is 8.17. The van der Waals surface area contributed by atoms with Crippen LogP contribution < -0.4 is 5.73 Å². The van der Waals surface area contributed by atoms with Gasteiger partial charge < -0.3 is 10.5 Å². The largest absolute Gasteiger partial charge is 0.461 e. The van der Waals surface area contributed by atoms with Gasteiger partial charge in [0.2, 0.25) is 5.78 Å². The maximum absolute atomic E-state index is 11.5. The minimum absolute atomic E-state index is 0.321. The number of esters is 1. The molecule has 15 heavy (non-hydrogen) atoms. The Kier molecular flexibility index (Phi) is 2.24. The van der Waals surface area contributed by atoms with Crippen molar-refractivity contribution in [3.05, 3.63) is 24.3 Å². The van der Waals surface area contributed by atoms with Crippen molar-refractivity contribution < 1.29 is 9.53 Å². The predicted octanol–water partition coefficient (Wildman–Crippen LogP) is 0.488. The van der Waals surface area contributed by atoms with Crippen molar-refractivity contribution in [2.45, 2.75) is 6.92 Å². The number of nitrogen functional groups attached to an aromatic ring is 1. The van der Waals surface area contributed by atoms with E-state index in [0.29, 0.717) is 23.8 Å². The lowest BCUT2D eigenvalue weighted by atomic mass is 10.4. The summed E-state index contributed by atoms with van der Waals surface area (Å²) in [4.78, 5) is 19.4. The van der Waals surface area contributed by atoms with E-state index in [1.807, 2.05) is 0 Å². The molecule has 0 aliphatic heterocycles. The lowest BCUT2D eigenvalue weighted by Gasteiger charge is -2.01. The quantitative estimate of drug-likeness (QED) is 0.723. The van der Waals surface area contributed by atoms with Crippen molar-refractivity contribution in [3.8, 4) is 0 Å². The van der Waals surface area contributed by atoms with E-state index < -0.39 is 5.97 Å². The van der Waals surface area contributed by atoms with Gasteiger partial charge in [0.15, 0.2) is 5.69 Å². The van der Waals surface area contributed by atoms with Gasteiger partial charge in [-0.2, -0.15) is 0 Å². The summed E-state index contributed by atoms with van der Waals surface area (Å²) in [5.41, 5.74) is 6.35. The second-order valence-electron chi connectivity index (χ2n) is 2.92. The summed E-state index contributed by atoms with van der Waals surface area (Å²) in [5.74, 6) is -0.00958. The molecule has 0 saturated heterocycles. The number of imidazole rings is 1. The fourth-order valence-corrected chi connectivity index (χ4v) is 1.24. The monoisotopic (exact) mass is 206 g/mol. The topological polar surface area (TPSA) is 82.5 Å². The summed E-state index contributed by atoms with van der Waals surface area (Å²) in [7, 11) is 0. The zero-order chi connectivity index (χ0) is 10.8. The summed E-state index contributed by atoms with van der Waals surface area (Å²) in [6, 6.07) is 0. The zero-order valence-electron chi connectivity index (χ0n) is 8.17. The predicted molar refractivity (Wildman–Crippen MR) is 53.4 cm³/mol. The standard InChI is InChI=1S/C9H10N4O2/c1-2-15-8(14)7-4-12-9-11-3-6(10)5-13(7)9/h3-5H,2,10H2,1H3. The van der Waals surface area contributed by atoms with Crippen molar-refractivity contribution in [3.63, 3.8) is 0 Å². The van der Waals surface area contributed by atoms with E-state index in [9.17, 15) is 4.79 Å². The fourth-order valence-electron chi connectivity index (χ4n) is 1.24. The van der Waals surface area contributed by atoms with Gasteiger partial charge in [0.05, 0.1) is 24.7 Å². The summed E-state index contributed by atoms with van der Waals surface area (Å²) >= 11 is 0. The molecule has 0 aromatic carbocycles. The Morgan fingerprint density at radius 1 is 1.53 bits per heavy atom. The van der Waals surface area contributed by atoms with E-state index >= 15 is 0 Å². The van der Waals surface area contributed by atoms with Crippen molar-refractivity contribution in [2.75, 3.05) is 12.3 Å². The Balaban J connectivity index is 2.52. The number of anilines is 1. The Hall–Kier alpha value is -2.11. The molecule has 2 aromatic rings. The third-order valence-corrected chi connectivity index (χ3v) is 1.87. The van der Waals surface area contributed by atoms with Crippen LogP contribution in [0.4, 0.5) is 5.69 Å². The van der Waals surface area contributed by atoms with Crippen LogP contribution in [0.5, 0.6) is 0 Å². The molecule has 78 valence electrons. The normalized spacial score (nSPS) is 10.5. The number of hydrogen-bond acceptors (Lipinski definition) is 5. The molecule has 0 atom stereocenters. The van der Waals surface area contributed by atoms with Gasteiger partial charge >= 0.3 is 5.97 Å². The van der Waals surface area contributed by atoms with Crippen LogP contribution in [0.15, 0.2) is 18.6 Å². The van der Waals surface area contributed by atoms with Gasteiger partial charge in [-0.15, -0.1) is 0 Å². The number of nitrogens with two attached hydrogens (primary N) is 1. The lowest BCUT2D eigenvalue weighted by Crippen LogP contribution is -2.08. The molecular weight excluding hydrogens is 196 g/mol. The number of nitrogens with zero attached hydrogens (tertiary/aromatic N) is 3.